The molecule has 2 rings (SSSR count). The first-order valence-corrected chi connectivity index (χ1v) is 11.5. The number of esters is 1. The number of methoxy groups -OCH3 is 4. The van der Waals surface area contributed by atoms with E-state index in [1.807, 2.05) is 0 Å². The van der Waals surface area contributed by atoms with Crippen LogP contribution in [0.15, 0.2) is 37.4 Å². The molecule has 5 atom stereocenters. The van der Waals surface area contributed by atoms with Gasteiger partial charge in [0, 0.05) is 7.11 Å². The first-order valence-electron chi connectivity index (χ1n) is 11.5. The molecule has 39 heavy (non-hydrogen) atoms. The molecule has 1 fully saturated rings. The van der Waals surface area contributed by atoms with Crippen LogP contribution in [0, 0.1) is 0 Å². The Morgan fingerprint density at radius 1 is 0.846 bits per heavy atom. The van der Waals surface area contributed by atoms with Crippen molar-refractivity contribution in [2.75, 3.05) is 48.3 Å². The van der Waals surface area contributed by atoms with Gasteiger partial charge in [0.1, 0.15) is 19.3 Å². The van der Waals surface area contributed by atoms with Crippen molar-refractivity contribution < 1.29 is 66.9 Å². The second kappa shape index (κ2) is 15.4. The van der Waals surface area contributed by atoms with E-state index >= 15 is 0 Å². The number of aliphatic hydroxyl groups is 1. The predicted molar refractivity (Wildman–Crippen MR) is 131 cm³/mol. The molecule has 14 nitrogen and oxygen atoms in total. The second-order valence-corrected chi connectivity index (χ2v) is 7.61. The Bertz CT molecular complexity index is 983. The molecular weight excluding hydrogens is 524 g/mol. The number of rotatable bonds is 13. The van der Waals surface area contributed by atoms with Crippen LogP contribution in [0.25, 0.3) is 0 Å². The van der Waals surface area contributed by atoms with Crippen LogP contribution in [0.1, 0.15) is 10.4 Å². The Kier molecular flexibility index (Phi) is 12.3. The normalized spacial score (nSPS) is 22.0. The van der Waals surface area contributed by atoms with E-state index in [-0.39, 0.29) is 36.0 Å². The summed E-state index contributed by atoms with van der Waals surface area (Å²) in [4.78, 5) is 37.9. The molecule has 0 aliphatic carbocycles. The summed E-state index contributed by atoms with van der Waals surface area (Å²) in [6.07, 6.45) is -7.09. The highest BCUT2D eigenvalue weighted by Gasteiger charge is 2.53. The molecule has 0 amide bonds. The van der Waals surface area contributed by atoms with Crippen molar-refractivity contribution in [3.8, 4) is 17.2 Å². The zero-order chi connectivity index (χ0) is 28.9. The zero-order valence-electron chi connectivity index (χ0n) is 22.0. The smallest absolute Gasteiger partial charge is 0.493 e. The Balaban J connectivity index is 2.48. The van der Waals surface area contributed by atoms with E-state index in [9.17, 15) is 19.5 Å². The van der Waals surface area contributed by atoms with Crippen molar-refractivity contribution in [3.05, 3.63) is 43.0 Å². The van der Waals surface area contributed by atoms with Crippen LogP contribution in [0.5, 0.6) is 17.2 Å². The molecule has 1 saturated heterocycles. The molecule has 0 spiro atoms. The lowest BCUT2D eigenvalue weighted by atomic mass is 9.98. The van der Waals surface area contributed by atoms with Gasteiger partial charge in [-0.3, -0.25) is 0 Å². The van der Waals surface area contributed by atoms with Crippen molar-refractivity contribution in [3.63, 3.8) is 0 Å². The topological polar surface area (TPSA) is 164 Å². The summed E-state index contributed by atoms with van der Waals surface area (Å²) in [5, 5.41) is 10.0. The molecule has 0 aromatic heterocycles. The maximum Gasteiger partial charge on any atom is 0.509 e. The Morgan fingerprint density at radius 3 is 1.82 bits per heavy atom. The summed E-state index contributed by atoms with van der Waals surface area (Å²) in [5.41, 5.74) is -0.0501. The van der Waals surface area contributed by atoms with Gasteiger partial charge < -0.3 is 52.5 Å². The Labute approximate surface area is 224 Å². The summed E-state index contributed by atoms with van der Waals surface area (Å²) in [5.74, 6) is -0.410. The number of benzene rings is 1. The molecule has 1 N–H and O–H groups in total. The summed E-state index contributed by atoms with van der Waals surface area (Å²) >= 11 is 0. The van der Waals surface area contributed by atoms with Gasteiger partial charge in [-0.2, -0.15) is 0 Å². The van der Waals surface area contributed by atoms with Crippen molar-refractivity contribution in [2.45, 2.75) is 30.7 Å². The first kappa shape index (κ1) is 31.2. The SMILES string of the molecule is C=CCOC(=O)O[C@@H]1[C@H](OC(=O)OCC=C)[C@@H](OC)O[C@H](CO)[C@H]1OC(=O)c1cc(OC)c(OC)c(OC)c1. The predicted octanol–water partition coefficient (Wildman–Crippen LogP) is 2.02. The molecule has 1 heterocycles. The van der Waals surface area contributed by atoms with Gasteiger partial charge in [0.05, 0.1) is 33.5 Å². The summed E-state index contributed by atoms with van der Waals surface area (Å²) in [7, 11) is 5.34. The number of carbonyl (C=O) groups excluding carboxylic acids is 3. The zero-order valence-corrected chi connectivity index (χ0v) is 22.0. The number of hydrogen-bond donors (Lipinski definition) is 1. The third kappa shape index (κ3) is 7.99. The summed E-state index contributed by atoms with van der Waals surface area (Å²) in [6, 6.07) is 2.66. The van der Waals surface area contributed by atoms with Crippen LogP contribution in [0.3, 0.4) is 0 Å². The molecule has 1 aromatic carbocycles. The van der Waals surface area contributed by atoms with Gasteiger partial charge in [-0.1, -0.05) is 25.3 Å². The molecular formula is C25H32O14. The van der Waals surface area contributed by atoms with E-state index in [1.165, 1.54) is 52.7 Å². The highest BCUT2D eigenvalue weighted by Crippen LogP contribution is 2.39. The fraction of sp³-hybridized carbons (Fsp3) is 0.480. The van der Waals surface area contributed by atoms with Gasteiger partial charge in [-0.05, 0) is 12.1 Å². The number of hydrogen-bond acceptors (Lipinski definition) is 14. The number of ether oxygens (including phenoxy) is 10. The van der Waals surface area contributed by atoms with E-state index < -0.39 is 55.6 Å². The van der Waals surface area contributed by atoms with Crippen LogP contribution in [0.2, 0.25) is 0 Å². The monoisotopic (exact) mass is 556 g/mol. The second-order valence-electron chi connectivity index (χ2n) is 7.61. The van der Waals surface area contributed by atoms with E-state index in [0.29, 0.717) is 0 Å². The van der Waals surface area contributed by atoms with Crippen LogP contribution in [-0.4, -0.2) is 102 Å². The van der Waals surface area contributed by atoms with Crippen LogP contribution in [0.4, 0.5) is 9.59 Å². The summed E-state index contributed by atoms with van der Waals surface area (Å²) < 4.78 is 52.7. The summed E-state index contributed by atoms with van der Waals surface area (Å²) in [6.45, 7) is 5.78. The highest BCUT2D eigenvalue weighted by molar-refractivity contribution is 5.91. The minimum absolute atomic E-state index is 0.0501. The molecule has 1 aliphatic rings. The van der Waals surface area contributed by atoms with E-state index in [0.717, 1.165) is 0 Å². The van der Waals surface area contributed by atoms with Gasteiger partial charge in [0.15, 0.2) is 36.1 Å². The van der Waals surface area contributed by atoms with Crippen LogP contribution in [-0.2, 0) is 33.2 Å². The van der Waals surface area contributed by atoms with Gasteiger partial charge in [-0.25, -0.2) is 14.4 Å². The number of carbonyl (C=O) groups is 3. The third-order valence-corrected chi connectivity index (χ3v) is 5.25. The third-order valence-electron chi connectivity index (χ3n) is 5.25. The molecule has 14 heteroatoms. The Morgan fingerprint density at radius 2 is 1.38 bits per heavy atom. The van der Waals surface area contributed by atoms with Crippen molar-refractivity contribution in [1.82, 2.24) is 0 Å². The van der Waals surface area contributed by atoms with Gasteiger partial charge in [0.25, 0.3) is 0 Å². The van der Waals surface area contributed by atoms with Crippen LogP contribution >= 0.6 is 0 Å². The molecule has 1 aliphatic heterocycles. The van der Waals surface area contributed by atoms with E-state index in [1.54, 1.807) is 0 Å². The standard InChI is InChI=1S/C25H32O14/c1-7-9-34-24(28)38-20-19(17(13-26)36-23(33-6)21(20)39-25(29)35-10-8-2)37-22(27)14-11-15(30-3)18(32-5)16(12-14)31-4/h7-8,11-12,17,19-21,23,26H,1-2,9-10,13H2,3-6H3/t17-,19-,20+,21+,23+/m1/s1. The van der Waals surface area contributed by atoms with E-state index in [4.69, 9.17) is 47.4 Å². The number of aliphatic hydroxyl groups excluding tert-OH is 1. The van der Waals surface area contributed by atoms with Gasteiger partial charge >= 0.3 is 18.3 Å². The molecule has 0 unspecified atom stereocenters. The largest absolute Gasteiger partial charge is 0.509 e. The average Bonchev–Trinajstić information content (AvgIpc) is 2.95. The van der Waals surface area contributed by atoms with Crippen molar-refractivity contribution >= 4 is 18.3 Å². The van der Waals surface area contributed by atoms with E-state index in [2.05, 4.69) is 13.2 Å². The van der Waals surface area contributed by atoms with Crippen molar-refractivity contribution in [2.24, 2.45) is 0 Å². The average molecular weight is 557 g/mol. The Hall–Kier alpha value is -4.01. The lowest BCUT2D eigenvalue weighted by Crippen LogP contribution is -2.62. The first-order chi connectivity index (χ1) is 18.8. The van der Waals surface area contributed by atoms with Gasteiger partial charge in [0.2, 0.25) is 5.75 Å². The highest BCUT2D eigenvalue weighted by atomic mass is 16.8. The molecule has 0 saturated carbocycles. The minimum Gasteiger partial charge on any atom is -0.493 e. The lowest BCUT2D eigenvalue weighted by Gasteiger charge is -2.43. The maximum absolute atomic E-state index is 13.3. The maximum atomic E-state index is 13.3. The fourth-order valence-electron chi connectivity index (χ4n) is 3.55. The molecule has 1 aromatic rings. The van der Waals surface area contributed by atoms with Gasteiger partial charge in [-0.15, -0.1) is 0 Å². The lowest BCUT2D eigenvalue weighted by molar-refractivity contribution is -0.295. The molecule has 0 bridgehead atoms. The molecule has 0 radical (unpaired) electrons. The fourth-order valence-corrected chi connectivity index (χ4v) is 3.55. The quantitative estimate of drug-likeness (QED) is 0.213. The minimum atomic E-state index is -1.58. The molecule has 216 valence electrons. The van der Waals surface area contributed by atoms with Crippen LogP contribution < -0.4 is 14.2 Å². The van der Waals surface area contributed by atoms with Crippen molar-refractivity contribution in [1.29, 1.82) is 0 Å².